The number of para-hydroxylation sites is 2. The molecule has 7 nitrogen and oxygen atoms in total. The Morgan fingerprint density at radius 2 is 1.56 bits per heavy atom. The van der Waals surface area contributed by atoms with E-state index < -0.39 is 17.5 Å². The molecule has 1 amide bonds. The molecule has 0 aliphatic rings. The van der Waals surface area contributed by atoms with Crippen LogP contribution in [-0.4, -0.2) is 32.9 Å². The van der Waals surface area contributed by atoms with Crippen LogP contribution in [0.3, 0.4) is 0 Å². The molecular formula is C24H18FN5O2. The molecule has 3 aromatic carbocycles. The lowest BCUT2D eigenvalue weighted by molar-refractivity contribution is 0.245. The SMILES string of the molecule is Cc1ccccc1C#Cc1cccc(F)c1-n1nnn(C(=O)N(C)c2ccccc2)c1=O. The molecule has 0 aliphatic carbocycles. The molecular weight excluding hydrogens is 409 g/mol. The number of rotatable bonds is 2. The molecule has 0 spiro atoms. The predicted molar refractivity (Wildman–Crippen MR) is 118 cm³/mol. The molecule has 0 aliphatic heterocycles. The van der Waals surface area contributed by atoms with Gasteiger partial charge in [-0.3, -0.25) is 4.90 Å². The standard InChI is InChI=1S/C24H18FN5O2/c1-17-9-6-7-10-18(17)15-16-19-11-8-14-21(25)22(19)29-24(32)30(27-26-29)23(31)28(2)20-12-4-3-5-13-20/h3-14H,1-2H3. The highest BCUT2D eigenvalue weighted by molar-refractivity contribution is 5.92. The zero-order valence-corrected chi connectivity index (χ0v) is 17.4. The molecule has 0 saturated carbocycles. The van der Waals surface area contributed by atoms with Crippen molar-refractivity contribution in [1.29, 1.82) is 0 Å². The fourth-order valence-electron chi connectivity index (χ4n) is 3.09. The number of halogens is 1. The fourth-order valence-corrected chi connectivity index (χ4v) is 3.09. The molecule has 0 atom stereocenters. The summed E-state index contributed by atoms with van der Waals surface area (Å²) in [5, 5.41) is 7.40. The smallest absolute Gasteiger partial charge is 0.295 e. The second-order valence-corrected chi connectivity index (χ2v) is 6.96. The normalized spacial score (nSPS) is 10.3. The minimum atomic E-state index is -0.901. The average Bonchev–Trinajstić information content (AvgIpc) is 3.19. The fraction of sp³-hybridized carbons (Fsp3) is 0.0833. The Labute approximate surface area is 183 Å². The first-order valence-electron chi connectivity index (χ1n) is 9.72. The summed E-state index contributed by atoms with van der Waals surface area (Å²) in [6.07, 6.45) is 0. The van der Waals surface area contributed by atoms with Crippen LogP contribution in [-0.2, 0) is 0 Å². The molecule has 0 unspecified atom stereocenters. The molecule has 0 N–H and O–H groups in total. The summed E-state index contributed by atoms with van der Waals surface area (Å²) in [6.45, 7) is 1.92. The van der Waals surface area contributed by atoms with Gasteiger partial charge in [0.1, 0.15) is 11.5 Å². The number of benzene rings is 3. The molecule has 0 radical (unpaired) electrons. The second-order valence-electron chi connectivity index (χ2n) is 6.96. The number of hydrogen-bond donors (Lipinski definition) is 0. The maximum atomic E-state index is 14.8. The van der Waals surface area contributed by atoms with E-state index in [-0.39, 0.29) is 11.3 Å². The van der Waals surface area contributed by atoms with Gasteiger partial charge in [-0.05, 0) is 53.2 Å². The van der Waals surface area contributed by atoms with E-state index in [9.17, 15) is 14.0 Å². The van der Waals surface area contributed by atoms with Gasteiger partial charge in [0.25, 0.3) is 0 Å². The lowest BCUT2D eigenvalue weighted by Crippen LogP contribution is -2.39. The number of carbonyl (C=O) groups is 1. The predicted octanol–water partition coefficient (Wildman–Crippen LogP) is 3.38. The summed E-state index contributed by atoms with van der Waals surface area (Å²) < 4.78 is 16.1. The molecule has 158 valence electrons. The second kappa shape index (κ2) is 8.70. The van der Waals surface area contributed by atoms with Crippen LogP contribution >= 0.6 is 0 Å². The number of amides is 1. The maximum Gasteiger partial charge on any atom is 0.377 e. The van der Waals surface area contributed by atoms with E-state index in [1.165, 1.54) is 24.1 Å². The van der Waals surface area contributed by atoms with Crippen LogP contribution in [0.1, 0.15) is 16.7 Å². The van der Waals surface area contributed by atoms with Crippen molar-refractivity contribution in [1.82, 2.24) is 19.8 Å². The highest BCUT2D eigenvalue weighted by Crippen LogP contribution is 2.17. The van der Waals surface area contributed by atoms with E-state index in [2.05, 4.69) is 22.3 Å². The van der Waals surface area contributed by atoms with Crippen molar-refractivity contribution in [3.63, 3.8) is 0 Å². The Morgan fingerprint density at radius 1 is 0.906 bits per heavy atom. The van der Waals surface area contributed by atoms with Gasteiger partial charge in [-0.25, -0.2) is 14.0 Å². The molecule has 8 heteroatoms. The number of hydrogen-bond acceptors (Lipinski definition) is 4. The first-order chi connectivity index (χ1) is 15.5. The third-order valence-electron chi connectivity index (χ3n) is 4.87. The quantitative estimate of drug-likeness (QED) is 0.363. The van der Waals surface area contributed by atoms with Crippen molar-refractivity contribution in [2.75, 3.05) is 11.9 Å². The lowest BCUT2D eigenvalue weighted by atomic mass is 10.1. The Hall–Kier alpha value is -4.51. The third-order valence-corrected chi connectivity index (χ3v) is 4.87. The van der Waals surface area contributed by atoms with Crippen molar-refractivity contribution < 1.29 is 9.18 Å². The van der Waals surface area contributed by atoms with Crippen LogP contribution in [0, 0.1) is 24.6 Å². The van der Waals surface area contributed by atoms with Gasteiger partial charge in [-0.1, -0.05) is 54.3 Å². The average molecular weight is 427 g/mol. The number of nitrogens with zero attached hydrogens (tertiary/aromatic N) is 5. The van der Waals surface area contributed by atoms with E-state index >= 15 is 0 Å². The highest BCUT2D eigenvalue weighted by Gasteiger charge is 2.22. The van der Waals surface area contributed by atoms with Crippen LogP contribution in [0.5, 0.6) is 0 Å². The van der Waals surface area contributed by atoms with Crippen molar-refractivity contribution in [3.05, 3.63) is 106 Å². The van der Waals surface area contributed by atoms with Crippen LogP contribution in [0.25, 0.3) is 5.69 Å². The van der Waals surface area contributed by atoms with Crippen LogP contribution in [0.15, 0.2) is 77.6 Å². The zero-order valence-electron chi connectivity index (χ0n) is 17.4. The molecule has 0 saturated heterocycles. The minimum absolute atomic E-state index is 0.167. The highest BCUT2D eigenvalue weighted by atomic mass is 19.1. The number of aryl methyl sites for hydroxylation is 1. The summed E-state index contributed by atoms with van der Waals surface area (Å²) in [6, 6.07) is 19.8. The molecule has 1 heterocycles. The van der Waals surface area contributed by atoms with Crippen LogP contribution in [0.4, 0.5) is 14.9 Å². The van der Waals surface area contributed by atoms with E-state index in [1.807, 2.05) is 37.3 Å². The Bertz CT molecular complexity index is 1410. The first kappa shape index (κ1) is 20.8. The number of carbonyl (C=O) groups excluding carboxylic acids is 1. The van der Waals surface area contributed by atoms with Gasteiger partial charge in [0, 0.05) is 18.3 Å². The topological polar surface area (TPSA) is 73.0 Å². The third kappa shape index (κ3) is 3.91. The van der Waals surface area contributed by atoms with Gasteiger partial charge in [-0.2, -0.15) is 4.68 Å². The zero-order chi connectivity index (χ0) is 22.7. The van der Waals surface area contributed by atoms with E-state index in [4.69, 9.17) is 0 Å². The molecule has 32 heavy (non-hydrogen) atoms. The summed E-state index contributed by atoms with van der Waals surface area (Å²) in [7, 11) is 1.51. The summed E-state index contributed by atoms with van der Waals surface area (Å²) in [5.41, 5.74) is 1.48. The summed E-state index contributed by atoms with van der Waals surface area (Å²) in [5.74, 6) is 5.19. The first-order valence-corrected chi connectivity index (χ1v) is 9.72. The van der Waals surface area contributed by atoms with E-state index in [0.29, 0.717) is 10.4 Å². The number of tetrazole rings is 1. The van der Waals surface area contributed by atoms with Crippen molar-refractivity contribution >= 4 is 11.7 Å². The monoisotopic (exact) mass is 427 g/mol. The molecule has 4 rings (SSSR count). The van der Waals surface area contributed by atoms with Crippen LogP contribution < -0.4 is 10.6 Å². The van der Waals surface area contributed by atoms with E-state index in [0.717, 1.165) is 15.8 Å². The molecule has 0 bridgehead atoms. The minimum Gasteiger partial charge on any atom is -0.295 e. The van der Waals surface area contributed by atoms with Gasteiger partial charge >= 0.3 is 11.7 Å². The molecule has 4 aromatic rings. The largest absolute Gasteiger partial charge is 0.377 e. The number of anilines is 1. The number of aromatic nitrogens is 4. The van der Waals surface area contributed by atoms with Gasteiger partial charge in [0.05, 0.1) is 5.56 Å². The van der Waals surface area contributed by atoms with Gasteiger partial charge in [0.15, 0.2) is 0 Å². The molecule has 1 aromatic heterocycles. The lowest BCUT2D eigenvalue weighted by Gasteiger charge is -2.15. The Kier molecular flexibility index (Phi) is 5.64. The summed E-state index contributed by atoms with van der Waals surface area (Å²) in [4.78, 5) is 26.9. The van der Waals surface area contributed by atoms with Crippen molar-refractivity contribution in [2.45, 2.75) is 6.92 Å². The van der Waals surface area contributed by atoms with Gasteiger partial charge in [0.2, 0.25) is 0 Å². The Balaban J connectivity index is 1.75. The maximum absolute atomic E-state index is 14.8. The Morgan fingerprint density at radius 3 is 2.31 bits per heavy atom. The van der Waals surface area contributed by atoms with Gasteiger partial charge in [-0.15, -0.1) is 4.68 Å². The van der Waals surface area contributed by atoms with E-state index in [1.54, 1.807) is 30.3 Å². The van der Waals surface area contributed by atoms with Gasteiger partial charge < -0.3 is 0 Å². The van der Waals surface area contributed by atoms with Crippen molar-refractivity contribution in [3.8, 4) is 17.5 Å². The van der Waals surface area contributed by atoms with Crippen molar-refractivity contribution in [2.24, 2.45) is 0 Å². The molecule has 0 fully saturated rings. The van der Waals surface area contributed by atoms with Crippen LogP contribution in [0.2, 0.25) is 0 Å². The summed E-state index contributed by atoms with van der Waals surface area (Å²) >= 11 is 0.